The number of benzene rings is 1. The summed E-state index contributed by atoms with van der Waals surface area (Å²) in [6, 6.07) is 10.8. The molecule has 0 bridgehead atoms. The molecule has 0 saturated carbocycles. The number of rotatable bonds is 3. The van der Waals surface area contributed by atoms with E-state index in [-0.39, 0.29) is 17.6 Å². The molecule has 4 rings (SSSR count). The molecule has 2 aliphatic heterocycles. The molecule has 7 heteroatoms. The van der Waals surface area contributed by atoms with Crippen LogP contribution in [0.1, 0.15) is 41.3 Å². The van der Waals surface area contributed by atoms with Crippen molar-refractivity contribution in [3.8, 4) is 0 Å². The second kappa shape index (κ2) is 6.79. The highest BCUT2D eigenvalue weighted by Gasteiger charge is 2.30. The summed E-state index contributed by atoms with van der Waals surface area (Å²) in [7, 11) is -3.28. The maximum absolute atomic E-state index is 12.9. The molecule has 0 spiro atoms. The Labute approximate surface area is 153 Å². The fraction of sp³-hybridized carbons (Fsp3) is 0.421. The highest BCUT2D eigenvalue weighted by atomic mass is 32.2. The molecule has 138 valence electrons. The predicted octanol–water partition coefficient (Wildman–Crippen LogP) is 2.84. The van der Waals surface area contributed by atoms with Crippen LogP contribution in [0.2, 0.25) is 0 Å². The van der Waals surface area contributed by atoms with E-state index in [1.54, 1.807) is 30.5 Å². The lowest BCUT2D eigenvalue weighted by Crippen LogP contribution is -2.38. The number of carbonyl (C=O) groups is 1. The molecule has 1 aromatic carbocycles. The summed E-state index contributed by atoms with van der Waals surface area (Å²) < 4.78 is 31.5. The van der Waals surface area contributed by atoms with Crippen LogP contribution in [-0.4, -0.2) is 44.6 Å². The summed E-state index contributed by atoms with van der Waals surface area (Å²) in [5.41, 5.74) is 1.11. The van der Waals surface area contributed by atoms with Gasteiger partial charge in [0.1, 0.15) is 5.76 Å². The Morgan fingerprint density at radius 3 is 2.77 bits per heavy atom. The van der Waals surface area contributed by atoms with E-state index in [9.17, 15) is 13.2 Å². The van der Waals surface area contributed by atoms with Crippen LogP contribution in [0, 0.1) is 0 Å². The molecule has 2 aliphatic rings. The van der Waals surface area contributed by atoms with Crippen molar-refractivity contribution in [2.45, 2.75) is 25.2 Å². The third-order valence-corrected chi connectivity index (χ3v) is 7.02. The first-order valence-corrected chi connectivity index (χ1v) is 10.6. The van der Waals surface area contributed by atoms with E-state index in [0.29, 0.717) is 37.3 Å². The van der Waals surface area contributed by atoms with E-state index >= 15 is 0 Å². The van der Waals surface area contributed by atoms with Gasteiger partial charge in [0, 0.05) is 31.1 Å². The summed E-state index contributed by atoms with van der Waals surface area (Å²) in [5.74, 6) is 1.24. The molecule has 1 atom stereocenters. The van der Waals surface area contributed by atoms with Crippen LogP contribution in [-0.2, 0) is 10.0 Å². The lowest BCUT2D eigenvalue weighted by molar-refractivity contribution is 0.0790. The Kier molecular flexibility index (Phi) is 4.48. The molecule has 26 heavy (non-hydrogen) atoms. The molecule has 1 unspecified atom stereocenters. The van der Waals surface area contributed by atoms with Crippen molar-refractivity contribution >= 4 is 21.6 Å². The molecular formula is C19H22N2O4S. The normalized spacial score (nSPS) is 22.5. The Bertz CT molecular complexity index is 892. The van der Waals surface area contributed by atoms with Crippen molar-refractivity contribution in [2.24, 2.45) is 0 Å². The third-order valence-electron chi connectivity index (χ3n) is 5.15. The van der Waals surface area contributed by atoms with Gasteiger partial charge in [0.25, 0.3) is 5.91 Å². The second-order valence-corrected chi connectivity index (χ2v) is 8.91. The molecule has 6 nitrogen and oxygen atoms in total. The van der Waals surface area contributed by atoms with Gasteiger partial charge in [0.15, 0.2) is 0 Å². The first kappa shape index (κ1) is 17.1. The molecule has 1 amide bonds. The Morgan fingerprint density at radius 1 is 1.12 bits per heavy atom. The van der Waals surface area contributed by atoms with Gasteiger partial charge in [-0.05, 0) is 49.6 Å². The summed E-state index contributed by atoms with van der Waals surface area (Å²) in [4.78, 5) is 14.7. The van der Waals surface area contributed by atoms with Crippen molar-refractivity contribution < 1.29 is 17.6 Å². The fourth-order valence-corrected chi connectivity index (χ4v) is 5.39. The van der Waals surface area contributed by atoms with Crippen LogP contribution in [0.15, 0.2) is 47.1 Å². The summed E-state index contributed by atoms with van der Waals surface area (Å²) in [6.07, 6.45) is 4.07. The number of hydrogen-bond donors (Lipinski definition) is 0. The average molecular weight is 374 g/mol. The quantitative estimate of drug-likeness (QED) is 0.828. The minimum absolute atomic E-state index is 0.0599. The summed E-state index contributed by atoms with van der Waals surface area (Å²) in [6.45, 7) is 1.78. The molecule has 2 aromatic rings. The van der Waals surface area contributed by atoms with E-state index in [1.807, 2.05) is 17.0 Å². The summed E-state index contributed by atoms with van der Waals surface area (Å²) >= 11 is 0. The molecular weight excluding hydrogens is 352 g/mol. The Balaban J connectivity index is 1.52. The first-order valence-electron chi connectivity index (χ1n) is 8.98. The number of amides is 1. The molecule has 2 saturated heterocycles. The first-order chi connectivity index (χ1) is 12.5. The van der Waals surface area contributed by atoms with Gasteiger partial charge < -0.3 is 9.32 Å². The van der Waals surface area contributed by atoms with Crippen molar-refractivity contribution in [3.05, 3.63) is 54.0 Å². The summed E-state index contributed by atoms with van der Waals surface area (Å²) in [5, 5.41) is 0. The van der Waals surface area contributed by atoms with Gasteiger partial charge in [-0.1, -0.05) is 6.07 Å². The fourth-order valence-electron chi connectivity index (χ4n) is 3.76. The molecule has 3 heterocycles. The average Bonchev–Trinajstić information content (AvgIpc) is 3.32. The van der Waals surface area contributed by atoms with Crippen molar-refractivity contribution in [3.63, 3.8) is 0 Å². The number of carbonyl (C=O) groups excluding carboxylic acids is 1. The van der Waals surface area contributed by atoms with Gasteiger partial charge in [-0.15, -0.1) is 0 Å². The SMILES string of the molecule is O=C(c1cccc(N2CCCCS2(=O)=O)c1)N1CCC(c2ccco2)C1. The zero-order valence-electron chi connectivity index (χ0n) is 14.5. The predicted molar refractivity (Wildman–Crippen MR) is 98.8 cm³/mol. The number of likely N-dealkylation sites (tertiary alicyclic amines) is 1. The van der Waals surface area contributed by atoms with Crippen LogP contribution < -0.4 is 4.31 Å². The minimum atomic E-state index is -3.28. The Morgan fingerprint density at radius 2 is 2.00 bits per heavy atom. The van der Waals surface area contributed by atoms with Crippen LogP contribution >= 0.6 is 0 Å². The topological polar surface area (TPSA) is 70.8 Å². The number of hydrogen-bond acceptors (Lipinski definition) is 4. The number of anilines is 1. The standard InChI is InChI=1S/C19H22N2O4S/c22-19(20-10-8-16(14-20)18-7-4-11-25-18)15-5-3-6-17(13-15)21-9-1-2-12-26(21,23)24/h3-7,11,13,16H,1-2,8-10,12,14H2. The van der Waals surface area contributed by atoms with Gasteiger partial charge in [-0.3, -0.25) is 9.10 Å². The van der Waals surface area contributed by atoms with Crippen LogP contribution in [0.4, 0.5) is 5.69 Å². The van der Waals surface area contributed by atoms with E-state index in [2.05, 4.69) is 0 Å². The van der Waals surface area contributed by atoms with E-state index in [1.165, 1.54) is 4.31 Å². The van der Waals surface area contributed by atoms with Crippen molar-refractivity contribution in [1.29, 1.82) is 0 Å². The van der Waals surface area contributed by atoms with Gasteiger partial charge in [-0.25, -0.2) is 8.42 Å². The van der Waals surface area contributed by atoms with Gasteiger partial charge >= 0.3 is 0 Å². The van der Waals surface area contributed by atoms with Crippen LogP contribution in [0.5, 0.6) is 0 Å². The lowest BCUT2D eigenvalue weighted by atomic mass is 10.1. The van der Waals surface area contributed by atoms with E-state index in [0.717, 1.165) is 18.6 Å². The van der Waals surface area contributed by atoms with Gasteiger partial charge in [0.05, 0.1) is 17.7 Å². The molecule has 2 fully saturated rings. The molecule has 0 N–H and O–H groups in total. The third kappa shape index (κ3) is 3.23. The van der Waals surface area contributed by atoms with Crippen molar-refractivity contribution in [1.82, 2.24) is 4.90 Å². The van der Waals surface area contributed by atoms with Gasteiger partial charge in [0.2, 0.25) is 10.0 Å². The van der Waals surface area contributed by atoms with Crippen molar-refractivity contribution in [2.75, 3.05) is 29.7 Å². The molecule has 0 aliphatic carbocycles. The van der Waals surface area contributed by atoms with E-state index < -0.39 is 10.0 Å². The largest absolute Gasteiger partial charge is 0.469 e. The second-order valence-electron chi connectivity index (χ2n) is 6.90. The van der Waals surface area contributed by atoms with E-state index in [4.69, 9.17) is 4.42 Å². The Hall–Kier alpha value is -2.28. The van der Waals surface area contributed by atoms with Crippen LogP contribution in [0.25, 0.3) is 0 Å². The van der Waals surface area contributed by atoms with Gasteiger partial charge in [-0.2, -0.15) is 0 Å². The maximum atomic E-state index is 12.9. The zero-order chi connectivity index (χ0) is 18.1. The smallest absolute Gasteiger partial charge is 0.253 e. The lowest BCUT2D eigenvalue weighted by Gasteiger charge is -2.28. The monoisotopic (exact) mass is 374 g/mol. The molecule has 1 aromatic heterocycles. The van der Waals surface area contributed by atoms with Crippen LogP contribution in [0.3, 0.4) is 0 Å². The maximum Gasteiger partial charge on any atom is 0.253 e. The number of sulfonamides is 1. The number of furan rings is 1. The highest BCUT2D eigenvalue weighted by Crippen LogP contribution is 2.29. The zero-order valence-corrected chi connectivity index (χ0v) is 15.3. The highest BCUT2D eigenvalue weighted by molar-refractivity contribution is 7.92. The molecule has 0 radical (unpaired) electrons. The minimum Gasteiger partial charge on any atom is -0.469 e. The number of nitrogens with zero attached hydrogens (tertiary/aromatic N) is 2.